The van der Waals surface area contributed by atoms with E-state index in [1.54, 1.807) is 6.07 Å². The fraction of sp³-hybridized carbons (Fsp3) is 0.522. The molecular weight excluding hydrogens is 435 g/mol. The molecule has 1 aliphatic heterocycles. The number of carbonyl (C=O) groups is 1. The van der Waals surface area contributed by atoms with Crippen molar-refractivity contribution < 1.29 is 9.53 Å². The molecule has 2 heterocycles. The van der Waals surface area contributed by atoms with Gasteiger partial charge in [-0.25, -0.2) is 9.78 Å². The lowest BCUT2D eigenvalue weighted by Crippen LogP contribution is -2.54. The molecule has 6 nitrogen and oxygen atoms in total. The van der Waals surface area contributed by atoms with Gasteiger partial charge in [0.05, 0.1) is 27.6 Å². The summed E-state index contributed by atoms with van der Waals surface area (Å²) in [5.74, 6) is 0.845. The lowest BCUT2D eigenvalue weighted by atomic mass is 9.90. The van der Waals surface area contributed by atoms with Gasteiger partial charge in [0.2, 0.25) is 0 Å². The molecule has 1 saturated heterocycles. The molecular formula is C23H30Cl2N4O2. The van der Waals surface area contributed by atoms with Crippen LogP contribution in [0.2, 0.25) is 10.0 Å². The number of alkyl carbamates (subject to hydrolysis) is 1. The summed E-state index contributed by atoms with van der Waals surface area (Å²) in [5.41, 5.74) is 1.87. The molecule has 0 spiro atoms. The molecule has 1 aromatic heterocycles. The molecule has 0 saturated carbocycles. The quantitative estimate of drug-likeness (QED) is 0.640. The van der Waals surface area contributed by atoms with Crippen molar-refractivity contribution in [1.82, 2.24) is 15.3 Å². The van der Waals surface area contributed by atoms with Crippen molar-refractivity contribution in [3.05, 3.63) is 51.4 Å². The van der Waals surface area contributed by atoms with E-state index in [2.05, 4.69) is 22.1 Å². The number of amides is 1. The zero-order valence-electron chi connectivity index (χ0n) is 18.8. The van der Waals surface area contributed by atoms with E-state index in [0.717, 1.165) is 48.7 Å². The second-order valence-corrected chi connectivity index (χ2v) is 10.1. The van der Waals surface area contributed by atoms with E-state index in [-0.39, 0.29) is 11.6 Å². The molecule has 0 atom stereocenters. The van der Waals surface area contributed by atoms with Gasteiger partial charge < -0.3 is 15.0 Å². The molecule has 1 amide bonds. The summed E-state index contributed by atoms with van der Waals surface area (Å²) in [6.07, 6.45) is 3.61. The maximum absolute atomic E-state index is 12.2. The highest BCUT2D eigenvalue weighted by atomic mass is 35.5. The Morgan fingerprint density at radius 3 is 2.55 bits per heavy atom. The minimum Gasteiger partial charge on any atom is -0.444 e. The number of carbonyl (C=O) groups excluding carboxylic acids is 1. The number of anilines is 1. The Balaban J connectivity index is 1.63. The average Bonchev–Trinajstić information content (AvgIpc) is 2.65. The summed E-state index contributed by atoms with van der Waals surface area (Å²) in [6, 6.07) is 5.61. The number of hydrogen-bond acceptors (Lipinski definition) is 5. The lowest BCUT2D eigenvalue weighted by molar-refractivity contribution is 0.0448. The second kappa shape index (κ2) is 9.21. The molecule has 0 bridgehead atoms. The van der Waals surface area contributed by atoms with Crippen molar-refractivity contribution in [2.75, 3.05) is 18.0 Å². The van der Waals surface area contributed by atoms with Gasteiger partial charge in [0.25, 0.3) is 0 Å². The summed E-state index contributed by atoms with van der Waals surface area (Å²) in [5, 5.41) is 4.13. The molecule has 1 aliphatic rings. The number of hydrogen-bond donors (Lipinski definition) is 1. The number of aromatic nitrogens is 2. The minimum atomic E-state index is -0.509. The van der Waals surface area contributed by atoms with Crippen molar-refractivity contribution >= 4 is 35.1 Å². The van der Waals surface area contributed by atoms with Crippen molar-refractivity contribution in [2.45, 2.75) is 65.0 Å². The van der Waals surface area contributed by atoms with Crippen LogP contribution in [0.5, 0.6) is 0 Å². The Bertz CT molecular complexity index is 951. The first-order valence-electron chi connectivity index (χ1n) is 10.5. The third kappa shape index (κ3) is 6.23. The van der Waals surface area contributed by atoms with Gasteiger partial charge in [0.1, 0.15) is 11.4 Å². The number of halogens is 2. The largest absolute Gasteiger partial charge is 0.444 e. The van der Waals surface area contributed by atoms with Crippen LogP contribution in [0.4, 0.5) is 10.6 Å². The number of piperidine rings is 1. The smallest absolute Gasteiger partial charge is 0.408 e. The number of nitrogens with one attached hydrogen (secondary N) is 1. The third-order valence-electron chi connectivity index (χ3n) is 5.42. The highest BCUT2D eigenvalue weighted by Crippen LogP contribution is 2.29. The minimum absolute atomic E-state index is 0.301. The van der Waals surface area contributed by atoms with Gasteiger partial charge in [-0.1, -0.05) is 35.3 Å². The van der Waals surface area contributed by atoms with Crippen LogP contribution in [0.3, 0.4) is 0 Å². The predicted molar refractivity (Wildman–Crippen MR) is 125 cm³/mol. The van der Waals surface area contributed by atoms with E-state index >= 15 is 0 Å². The molecule has 3 rings (SSSR count). The molecule has 1 N–H and O–H groups in total. The van der Waals surface area contributed by atoms with Crippen molar-refractivity contribution in [1.29, 1.82) is 0 Å². The molecule has 0 radical (unpaired) electrons. The number of nitrogens with zero attached hydrogens (tertiary/aromatic N) is 3. The first kappa shape index (κ1) is 23.6. The zero-order valence-corrected chi connectivity index (χ0v) is 20.3. The first-order chi connectivity index (χ1) is 14.5. The lowest BCUT2D eigenvalue weighted by Gasteiger charge is -2.40. The van der Waals surface area contributed by atoms with Gasteiger partial charge in [-0.3, -0.25) is 4.98 Å². The fourth-order valence-electron chi connectivity index (χ4n) is 3.59. The SMILES string of the molecule is Cc1nc(N2CCC(C)(NC(=O)OC(C)(C)C)CC2)cnc1Cc1cccc(Cl)c1Cl. The summed E-state index contributed by atoms with van der Waals surface area (Å²) in [4.78, 5) is 23.8. The second-order valence-electron chi connectivity index (χ2n) is 9.32. The Morgan fingerprint density at radius 1 is 1.26 bits per heavy atom. The topological polar surface area (TPSA) is 67.4 Å². The molecule has 1 aromatic carbocycles. The summed E-state index contributed by atoms with van der Waals surface area (Å²) >= 11 is 12.4. The van der Waals surface area contributed by atoms with Crippen LogP contribution in [0, 0.1) is 6.92 Å². The molecule has 0 aliphatic carbocycles. The number of benzene rings is 1. The van der Waals surface area contributed by atoms with Gasteiger partial charge in [-0.2, -0.15) is 0 Å². The Hall–Kier alpha value is -2.05. The molecule has 2 aromatic rings. The van der Waals surface area contributed by atoms with E-state index in [1.165, 1.54) is 0 Å². The van der Waals surface area contributed by atoms with Crippen LogP contribution in [0.15, 0.2) is 24.4 Å². The average molecular weight is 465 g/mol. The molecule has 31 heavy (non-hydrogen) atoms. The normalized spacial score (nSPS) is 16.2. The van der Waals surface area contributed by atoms with E-state index < -0.39 is 5.60 Å². The van der Waals surface area contributed by atoms with Gasteiger partial charge in [0.15, 0.2) is 0 Å². The number of aryl methyl sites for hydroxylation is 1. The van der Waals surface area contributed by atoms with Gasteiger partial charge in [0, 0.05) is 25.0 Å². The summed E-state index contributed by atoms with van der Waals surface area (Å²) in [6.45, 7) is 11.2. The maximum Gasteiger partial charge on any atom is 0.408 e. The van der Waals surface area contributed by atoms with Crippen LogP contribution in [-0.2, 0) is 11.2 Å². The summed E-state index contributed by atoms with van der Waals surface area (Å²) in [7, 11) is 0. The van der Waals surface area contributed by atoms with Crippen LogP contribution >= 0.6 is 23.2 Å². The number of ether oxygens (including phenoxy) is 1. The van der Waals surface area contributed by atoms with Crippen LogP contribution in [0.1, 0.15) is 57.5 Å². The van der Waals surface area contributed by atoms with Crippen molar-refractivity contribution in [3.63, 3.8) is 0 Å². The van der Waals surface area contributed by atoms with Gasteiger partial charge in [-0.05, 0) is 59.1 Å². The Kier molecular flexibility index (Phi) is 7.01. The van der Waals surface area contributed by atoms with Crippen molar-refractivity contribution in [3.8, 4) is 0 Å². The van der Waals surface area contributed by atoms with E-state index in [0.29, 0.717) is 16.5 Å². The predicted octanol–water partition coefficient (Wildman–Crippen LogP) is 5.57. The zero-order chi connectivity index (χ0) is 22.8. The van der Waals surface area contributed by atoms with Gasteiger partial charge >= 0.3 is 6.09 Å². The highest BCUT2D eigenvalue weighted by Gasteiger charge is 2.33. The van der Waals surface area contributed by atoms with Crippen LogP contribution < -0.4 is 10.2 Å². The first-order valence-corrected chi connectivity index (χ1v) is 11.2. The molecule has 1 fully saturated rings. The highest BCUT2D eigenvalue weighted by molar-refractivity contribution is 6.42. The molecule has 0 unspecified atom stereocenters. The molecule has 168 valence electrons. The standard InChI is InChI=1S/C23H30Cl2N4O2/c1-15-18(13-16-7-6-8-17(24)20(16)25)26-14-19(27-15)29-11-9-23(5,10-12-29)28-21(30)31-22(2,3)4/h6-8,14H,9-13H2,1-5H3,(H,28,30). The van der Waals surface area contributed by atoms with Crippen molar-refractivity contribution in [2.24, 2.45) is 0 Å². The Morgan fingerprint density at radius 2 is 1.94 bits per heavy atom. The third-order valence-corrected chi connectivity index (χ3v) is 6.28. The van der Waals surface area contributed by atoms with E-state index in [4.69, 9.17) is 32.9 Å². The van der Waals surface area contributed by atoms with E-state index in [1.807, 2.05) is 46.0 Å². The maximum atomic E-state index is 12.2. The number of rotatable bonds is 4. The summed E-state index contributed by atoms with van der Waals surface area (Å²) < 4.78 is 5.41. The van der Waals surface area contributed by atoms with Crippen LogP contribution in [0.25, 0.3) is 0 Å². The fourth-order valence-corrected chi connectivity index (χ4v) is 3.98. The monoisotopic (exact) mass is 464 g/mol. The molecule has 8 heteroatoms. The van der Waals surface area contributed by atoms with Crippen LogP contribution in [-0.4, -0.2) is 40.3 Å². The van der Waals surface area contributed by atoms with E-state index in [9.17, 15) is 4.79 Å². The van der Waals surface area contributed by atoms with Gasteiger partial charge in [-0.15, -0.1) is 0 Å². The Labute approximate surface area is 194 Å².